The Hall–Kier alpha value is -1.36. The van der Waals surface area contributed by atoms with Crippen LogP contribution in [0.15, 0.2) is 12.3 Å². The van der Waals surface area contributed by atoms with E-state index < -0.39 is 0 Å². The third-order valence-corrected chi connectivity index (χ3v) is 4.77. The van der Waals surface area contributed by atoms with Gasteiger partial charge in [0.1, 0.15) is 5.69 Å². The van der Waals surface area contributed by atoms with Gasteiger partial charge in [0.15, 0.2) is 0 Å². The molecule has 0 spiro atoms. The largest absolute Gasteiger partial charge is 0.393 e. The van der Waals surface area contributed by atoms with Crippen LogP contribution in [0.1, 0.15) is 49.0 Å². The number of hydrogen-bond acceptors (Lipinski definition) is 3. The van der Waals surface area contributed by atoms with E-state index in [2.05, 4.69) is 5.10 Å². The van der Waals surface area contributed by atoms with Gasteiger partial charge in [0.05, 0.1) is 6.10 Å². The highest BCUT2D eigenvalue weighted by Gasteiger charge is 2.39. The minimum atomic E-state index is -0.239. The van der Waals surface area contributed by atoms with Crippen molar-refractivity contribution in [1.82, 2.24) is 14.7 Å². The zero-order valence-corrected chi connectivity index (χ0v) is 12.0. The predicted molar refractivity (Wildman–Crippen MR) is 75.2 cm³/mol. The zero-order chi connectivity index (χ0) is 14.1. The molecule has 5 heteroatoms. The van der Waals surface area contributed by atoms with Crippen molar-refractivity contribution in [1.29, 1.82) is 0 Å². The van der Waals surface area contributed by atoms with Crippen LogP contribution in [0.5, 0.6) is 0 Å². The molecular weight excluding hydrogens is 254 g/mol. The summed E-state index contributed by atoms with van der Waals surface area (Å²) in [6.45, 7) is 0.795. The fourth-order valence-corrected chi connectivity index (χ4v) is 3.75. The number of rotatable bonds is 2. The summed E-state index contributed by atoms with van der Waals surface area (Å²) in [5, 5.41) is 14.4. The van der Waals surface area contributed by atoms with Crippen LogP contribution in [0.3, 0.4) is 0 Å². The Labute approximate surface area is 119 Å². The van der Waals surface area contributed by atoms with E-state index in [9.17, 15) is 9.90 Å². The quantitative estimate of drug-likeness (QED) is 0.893. The highest BCUT2D eigenvalue weighted by molar-refractivity contribution is 5.92. The molecule has 1 amide bonds. The molecular formula is C15H23N3O2. The van der Waals surface area contributed by atoms with Crippen LogP contribution in [0.25, 0.3) is 0 Å². The lowest BCUT2D eigenvalue weighted by Crippen LogP contribution is -2.49. The first-order valence-corrected chi connectivity index (χ1v) is 7.65. The molecule has 1 N–H and O–H groups in total. The predicted octanol–water partition coefficient (Wildman–Crippen LogP) is 1.58. The third-order valence-electron chi connectivity index (χ3n) is 4.77. The standard InChI is InChI=1S/C15H23N3O2/c1-17-10-8-12(16-17)15(20)18-9-3-2-6-13(18)11-5-4-7-14(11)19/h8,10-11,13-14,19H,2-7,9H2,1H3. The maximum atomic E-state index is 12.7. The molecule has 2 heterocycles. The molecule has 5 nitrogen and oxygen atoms in total. The van der Waals surface area contributed by atoms with Crippen LogP contribution >= 0.6 is 0 Å². The van der Waals surface area contributed by atoms with Crippen molar-refractivity contribution in [3.63, 3.8) is 0 Å². The summed E-state index contributed by atoms with van der Waals surface area (Å²) >= 11 is 0. The number of aromatic nitrogens is 2. The summed E-state index contributed by atoms with van der Waals surface area (Å²) in [6, 6.07) is 1.97. The number of likely N-dealkylation sites (tertiary alicyclic amines) is 1. The van der Waals surface area contributed by atoms with Gasteiger partial charge in [0, 0.05) is 31.7 Å². The third kappa shape index (κ3) is 2.46. The van der Waals surface area contributed by atoms with Gasteiger partial charge in [-0.2, -0.15) is 5.10 Å². The van der Waals surface area contributed by atoms with Gasteiger partial charge in [-0.3, -0.25) is 9.48 Å². The van der Waals surface area contributed by atoms with Gasteiger partial charge < -0.3 is 10.0 Å². The first-order valence-electron chi connectivity index (χ1n) is 7.65. The number of hydrogen-bond donors (Lipinski definition) is 1. The lowest BCUT2D eigenvalue weighted by Gasteiger charge is -2.40. The Morgan fingerprint density at radius 3 is 2.80 bits per heavy atom. The molecule has 20 heavy (non-hydrogen) atoms. The van der Waals surface area contributed by atoms with Crippen molar-refractivity contribution in [2.24, 2.45) is 13.0 Å². The second kappa shape index (κ2) is 5.56. The van der Waals surface area contributed by atoms with Gasteiger partial charge in [-0.1, -0.05) is 6.42 Å². The van der Waals surface area contributed by atoms with Crippen molar-refractivity contribution in [2.45, 2.75) is 50.7 Å². The van der Waals surface area contributed by atoms with Crippen LogP contribution in [0.2, 0.25) is 0 Å². The molecule has 1 saturated heterocycles. The number of aryl methyl sites for hydroxylation is 1. The smallest absolute Gasteiger partial charge is 0.274 e. The summed E-state index contributed by atoms with van der Waals surface area (Å²) in [6.07, 6.45) is 7.78. The molecule has 1 saturated carbocycles. The first-order chi connectivity index (χ1) is 9.66. The lowest BCUT2D eigenvalue weighted by molar-refractivity contribution is 0.0283. The maximum Gasteiger partial charge on any atom is 0.274 e. The summed E-state index contributed by atoms with van der Waals surface area (Å²) in [5.41, 5.74) is 0.520. The fourth-order valence-electron chi connectivity index (χ4n) is 3.75. The minimum absolute atomic E-state index is 0.0226. The highest BCUT2D eigenvalue weighted by Crippen LogP contribution is 2.35. The molecule has 0 bridgehead atoms. The number of carbonyl (C=O) groups is 1. The minimum Gasteiger partial charge on any atom is -0.393 e. The average molecular weight is 277 g/mol. The summed E-state index contributed by atoms with van der Waals surface area (Å²) < 4.78 is 1.66. The van der Waals surface area contributed by atoms with E-state index in [-0.39, 0.29) is 24.0 Å². The van der Waals surface area contributed by atoms with Crippen molar-refractivity contribution in [2.75, 3.05) is 6.54 Å². The van der Waals surface area contributed by atoms with E-state index in [0.29, 0.717) is 5.69 Å². The van der Waals surface area contributed by atoms with Crippen LogP contribution in [0, 0.1) is 5.92 Å². The zero-order valence-electron chi connectivity index (χ0n) is 12.0. The van der Waals surface area contributed by atoms with Gasteiger partial charge in [0.25, 0.3) is 5.91 Å². The van der Waals surface area contributed by atoms with Crippen LogP contribution in [-0.2, 0) is 7.05 Å². The van der Waals surface area contributed by atoms with E-state index in [4.69, 9.17) is 0 Å². The number of aliphatic hydroxyl groups excluding tert-OH is 1. The molecule has 2 aliphatic rings. The Bertz CT molecular complexity index is 485. The van der Waals surface area contributed by atoms with E-state index >= 15 is 0 Å². The Balaban J connectivity index is 1.79. The van der Waals surface area contributed by atoms with Crippen LogP contribution < -0.4 is 0 Å². The molecule has 0 radical (unpaired) electrons. The van der Waals surface area contributed by atoms with Crippen molar-refractivity contribution in [3.8, 4) is 0 Å². The normalized spacial score (nSPS) is 30.7. The van der Waals surface area contributed by atoms with Gasteiger partial charge in [-0.05, 0) is 38.2 Å². The molecule has 3 rings (SSSR count). The summed E-state index contributed by atoms with van der Waals surface area (Å²) in [5.74, 6) is 0.275. The Morgan fingerprint density at radius 2 is 2.15 bits per heavy atom. The summed E-state index contributed by atoms with van der Waals surface area (Å²) in [4.78, 5) is 14.6. The number of carbonyl (C=O) groups excluding carboxylic acids is 1. The number of amides is 1. The van der Waals surface area contributed by atoms with Crippen LogP contribution in [-0.4, -0.2) is 44.4 Å². The molecule has 3 atom stereocenters. The Kier molecular flexibility index (Phi) is 3.78. The second-order valence-electron chi connectivity index (χ2n) is 6.10. The molecule has 2 fully saturated rings. The van der Waals surface area contributed by atoms with E-state index in [1.165, 1.54) is 0 Å². The van der Waals surface area contributed by atoms with Crippen molar-refractivity contribution < 1.29 is 9.90 Å². The summed E-state index contributed by atoms with van der Waals surface area (Å²) in [7, 11) is 1.82. The number of aliphatic hydroxyl groups is 1. The van der Waals surface area contributed by atoms with E-state index in [0.717, 1.165) is 45.1 Å². The molecule has 0 aromatic carbocycles. The Morgan fingerprint density at radius 1 is 1.30 bits per heavy atom. The van der Waals surface area contributed by atoms with Gasteiger partial charge >= 0.3 is 0 Å². The highest BCUT2D eigenvalue weighted by atomic mass is 16.3. The van der Waals surface area contributed by atoms with Crippen molar-refractivity contribution >= 4 is 5.91 Å². The molecule has 1 aliphatic carbocycles. The van der Waals surface area contributed by atoms with Gasteiger partial charge in [-0.25, -0.2) is 0 Å². The fraction of sp³-hybridized carbons (Fsp3) is 0.733. The maximum absolute atomic E-state index is 12.7. The topological polar surface area (TPSA) is 58.4 Å². The second-order valence-corrected chi connectivity index (χ2v) is 6.10. The van der Waals surface area contributed by atoms with E-state index in [1.807, 2.05) is 11.9 Å². The monoisotopic (exact) mass is 277 g/mol. The molecule has 110 valence electrons. The molecule has 1 aromatic heterocycles. The van der Waals surface area contributed by atoms with Crippen molar-refractivity contribution in [3.05, 3.63) is 18.0 Å². The van der Waals surface area contributed by atoms with Gasteiger partial charge in [-0.15, -0.1) is 0 Å². The first kappa shape index (κ1) is 13.6. The molecule has 1 aromatic rings. The van der Waals surface area contributed by atoms with E-state index in [1.54, 1.807) is 16.9 Å². The SMILES string of the molecule is Cn1ccc(C(=O)N2CCCCC2C2CCCC2O)n1. The van der Waals surface area contributed by atoms with Crippen LogP contribution in [0.4, 0.5) is 0 Å². The lowest BCUT2D eigenvalue weighted by atomic mass is 9.87. The average Bonchev–Trinajstić information content (AvgIpc) is 3.07. The number of nitrogens with zero attached hydrogens (tertiary/aromatic N) is 3. The van der Waals surface area contributed by atoms with Gasteiger partial charge in [0.2, 0.25) is 0 Å². The molecule has 1 aliphatic heterocycles. The molecule has 3 unspecified atom stereocenters. The number of piperidine rings is 1.